The van der Waals surface area contributed by atoms with Gasteiger partial charge in [0, 0.05) is 27.8 Å². The van der Waals surface area contributed by atoms with Gasteiger partial charge in [0.05, 0.1) is 65.4 Å². The molecule has 214 valence electrons. The molecule has 0 atom stereocenters. The molecule has 0 aliphatic carbocycles. The van der Waals surface area contributed by atoms with Gasteiger partial charge in [0.2, 0.25) is 0 Å². The standard InChI is InChI=1S/C27H34Cl2N6S2.2BrH/c28-22-2-6-24(7-3-22)30-26(36)32-10-16-34(17-11-32)14-1-15-35(21-20-34)18-12-33(13-19-35)27(37)31-25-8-4-23(29)5-9-25;;/h2-9H,1,10-21H2;2*1H. The van der Waals surface area contributed by atoms with Gasteiger partial charge in [-0.05, 0) is 73.0 Å². The van der Waals surface area contributed by atoms with Crippen LogP contribution in [0.1, 0.15) is 6.42 Å². The SMILES string of the molecule is S=C(Nc1ccc(Cl)cc1)N1CC[N+]2(CCC[N+]3(CCN(C(=S)Nc4ccc(Cl)cc4)CC3)CC2)CC1.[Br-].[Br-]. The number of nitrogens with one attached hydrogen (secondary N) is 2. The zero-order valence-electron chi connectivity index (χ0n) is 21.9. The summed E-state index contributed by atoms with van der Waals surface area (Å²) in [6, 6.07) is 15.5. The van der Waals surface area contributed by atoms with E-state index in [1.54, 1.807) is 0 Å². The number of halogens is 4. The fourth-order valence-electron chi connectivity index (χ4n) is 5.94. The molecule has 2 spiro atoms. The highest BCUT2D eigenvalue weighted by Crippen LogP contribution is 2.25. The molecule has 2 aromatic carbocycles. The molecule has 5 rings (SSSR count). The minimum atomic E-state index is 0. The molecule has 3 saturated heterocycles. The van der Waals surface area contributed by atoms with E-state index in [0.29, 0.717) is 0 Å². The summed E-state index contributed by atoms with van der Waals surface area (Å²) in [6.07, 6.45) is 1.29. The van der Waals surface area contributed by atoms with Crippen LogP contribution in [0.15, 0.2) is 48.5 Å². The molecular formula is C27H36Br2Cl2N6S2. The molecule has 0 bridgehead atoms. The molecule has 0 aromatic heterocycles. The van der Waals surface area contributed by atoms with Gasteiger partial charge in [0.1, 0.15) is 13.1 Å². The summed E-state index contributed by atoms with van der Waals surface area (Å²) in [6.45, 7) is 13.8. The van der Waals surface area contributed by atoms with Gasteiger partial charge in [-0.3, -0.25) is 0 Å². The molecule has 12 heteroatoms. The minimum Gasteiger partial charge on any atom is -1.00 e. The Labute approximate surface area is 274 Å². The number of hydrogen-bond donors (Lipinski definition) is 2. The number of hydrogen-bond acceptors (Lipinski definition) is 2. The zero-order valence-corrected chi connectivity index (χ0v) is 28.2. The second-order valence-electron chi connectivity index (χ2n) is 10.7. The van der Waals surface area contributed by atoms with Crippen molar-refractivity contribution < 1.29 is 42.9 Å². The summed E-state index contributed by atoms with van der Waals surface area (Å²) in [5, 5.41) is 9.87. The molecule has 3 heterocycles. The van der Waals surface area contributed by atoms with Crippen molar-refractivity contribution in [3.05, 3.63) is 58.6 Å². The maximum atomic E-state index is 6.01. The van der Waals surface area contributed by atoms with Gasteiger partial charge in [0.25, 0.3) is 0 Å². The summed E-state index contributed by atoms with van der Waals surface area (Å²) in [7, 11) is 0. The van der Waals surface area contributed by atoms with Gasteiger partial charge in [-0.15, -0.1) is 0 Å². The number of piperazine rings is 2. The van der Waals surface area contributed by atoms with Crippen molar-refractivity contribution in [3.8, 4) is 0 Å². The van der Waals surface area contributed by atoms with E-state index in [0.717, 1.165) is 57.8 Å². The predicted octanol–water partition coefficient (Wildman–Crippen LogP) is -1.24. The van der Waals surface area contributed by atoms with Crippen LogP contribution in [0.4, 0.5) is 11.4 Å². The largest absolute Gasteiger partial charge is 1.00 e. The van der Waals surface area contributed by atoms with Crippen LogP contribution in [0, 0.1) is 0 Å². The van der Waals surface area contributed by atoms with Gasteiger partial charge in [-0.1, -0.05) is 23.2 Å². The lowest BCUT2D eigenvalue weighted by atomic mass is 10.2. The first-order chi connectivity index (χ1) is 17.8. The Bertz CT molecular complexity index is 1020. The Kier molecular flexibility index (Phi) is 12.1. The van der Waals surface area contributed by atoms with E-state index in [4.69, 9.17) is 47.6 Å². The average Bonchev–Trinajstić information content (AvgIpc) is 3.07. The molecule has 2 aromatic rings. The Morgan fingerprint density at radius 2 is 0.897 bits per heavy atom. The van der Waals surface area contributed by atoms with Gasteiger partial charge in [-0.2, -0.15) is 0 Å². The topological polar surface area (TPSA) is 30.5 Å². The van der Waals surface area contributed by atoms with E-state index in [2.05, 4.69) is 20.4 Å². The van der Waals surface area contributed by atoms with Gasteiger partial charge >= 0.3 is 0 Å². The van der Waals surface area contributed by atoms with Crippen LogP contribution in [-0.4, -0.2) is 108 Å². The Morgan fingerprint density at radius 3 is 1.23 bits per heavy atom. The molecule has 0 amide bonds. The lowest BCUT2D eigenvalue weighted by molar-refractivity contribution is -0.966. The summed E-state index contributed by atoms with van der Waals surface area (Å²) in [5.74, 6) is 0. The normalized spacial score (nSPS) is 19.8. The van der Waals surface area contributed by atoms with Crippen molar-refractivity contribution >= 4 is 69.2 Å². The maximum absolute atomic E-state index is 6.01. The smallest absolute Gasteiger partial charge is 0.173 e. The fourth-order valence-corrected chi connectivity index (χ4v) is 6.79. The van der Waals surface area contributed by atoms with Crippen LogP contribution in [-0.2, 0) is 0 Å². The molecule has 3 fully saturated rings. The van der Waals surface area contributed by atoms with Crippen LogP contribution in [0.25, 0.3) is 0 Å². The van der Waals surface area contributed by atoms with Crippen LogP contribution < -0.4 is 44.6 Å². The quantitative estimate of drug-likeness (QED) is 0.297. The average molecular weight is 739 g/mol. The van der Waals surface area contributed by atoms with E-state index in [9.17, 15) is 0 Å². The summed E-state index contributed by atoms with van der Waals surface area (Å²) in [4.78, 5) is 4.66. The first kappa shape index (κ1) is 32.8. The van der Waals surface area contributed by atoms with Crippen molar-refractivity contribution in [2.24, 2.45) is 0 Å². The molecule has 3 aliphatic rings. The van der Waals surface area contributed by atoms with E-state index >= 15 is 0 Å². The van der Waals surface area contributed by atoms with Crippen molar-refractivity contribution in [1.29, 1.82) is 0 Å². The number of benzene rings is 2. The summed E-state index contributed by atoms with van der Waals surface area (Å²) >= 11 is 23.5. The molecule has 0 unspecified atom stereocenters. The Hall–Kier alpha value is -0.720. The number of nitrogens with zero attached hydrogens (tertiary/aromatic N) is 4. The van der Waals surface area contributed by atoms with Crippen LogP contribution in [0.5, 0.6) is 0 Å². The fraction of sp³-hybridized carbons (Fsp3) is 0.481. The second kappa shape index (κ2) is 14.4. The third kappa shape index (κ3) is 8.41. The Morgan fingerprint density at radius 1 is 0.564 bits per heavy atom. The van der Waals surface area contributed by atoms with Crippen molar-refractivity contribution in [1.82, 2.24) is 9.80 Å². The monoisotopic (exact) mass is 736 g/mol. The number of quaternary nitrogens is 2. The van der Waals surface area contributed by atoms with Crippen LogP contribution in [0.3, 0.4) is 0 Å². The summed E-state index contributed by atoms with van der Waals surface area (Å²) < 4.78 is 2.47. The highest BCUT2D eigenvalue weighted by atomic mass is 79.9. The molecule has 3 aliphatic heterocycles. The number of rotatable bonds is 2. The molecule has 0 radical (unpaired) electrons. The van der Waals surface area contributed by atoms with Gasteiger partial charge in [0.15, 0.2) is 10.2 Å². The third-order valence-corrected chi connectivity index (χ3v) is 9.68. The third-order valence-electron chi connectivity index (χ3n) is 8.46. The highest BCUT2D eigenvalue weighted by molar-refractivity contribution is 7.80. The first-order valence-corrected chi connectivity index (χ1v) is 14.7. The minimum absolute atomic E-state index is 0. The molecule has 0 saturated carbocycles. The van der Waals surface area contributed by atoms with Crippen molar-refractivity contribution in [3.63, 3.8) is 0 Å². The van der Waals surface area contributed by atoms with Crippen LogP contribution in [0.2, 0.25) is 10.0 Å². The lowest BCUT2D eigenvalue weighted by Crippen LogP contribution is -3.00. The van der Waals surface area contributed by atoms with E-state index in [1.807, 2.05) is 48.5 Å². The van der Waals surface area contributed by atoms with Gasteiger partial charge in [-0.25, -0.2) is 0 Å². The molecule has 2 N–H and O–H groups in total. The molecule has 6 nitrogen and oxygen atoms in total. The highest BCUT2D eigenvalue weighted by Gasteiger charge is 2.42. The van der Waals surface area contributed by atoms with E-state index < -0.39 is 0 Å². The molecular weight excluding hydrogens is 703 g/mol. The van der Waals surface area contributed by atoms with Crippen molar-refractivity contribution in [2.75, 3.05) is 89.2 Å². The van der Waals surface area contributed by atoms with Crippen molar-refractivity contribution in [2.45, 2.75) is 6.42 Å². The summed E-state index contributed by atoms with van der Waals surface area (Å²) in [5.41, 5.74) is 1.99. The Balaban J connectivity index is 0.00000210. The predicted molar refractivity (Wildman–Crippen MR) is 163 cm³/mol. The maximum Gasteiger partial charge on any atom is 0.173 e. The first-order valence-electron chi connectivity index (χ1n) is 13.2. The van der Waals surface area contributed by atoms with Gasteiger partial charge < -0.3 is 63.4 Å². The zero-order chi connectivity index (χ0) is 25.9. The lowest BCUT2D eigenvalue weighted by Gasteiger charge is -2.46. The number of thiocarbonyl (C=S) groups is 2. The molecule has 39 heavy (non-hydrogen) atoms. The number of anilines is 2. The van der Waals surface area contributed by atoms with E-state index in [1.165, 1.54) is 67.7 Å². The second-order valence-corrected chi connectivity index (χ2v) is 12.3. The van der Waals surface area contributed by atoms with Crippen LogP contribution >= 0.6 is 47.6 Å². The van der Waals surface area contributed by atoms with E-state index in [-0.39, 0.29) is 34.0 Å².